The average molecular weight is 377 g/mol. The van der Waals surface area contributed by atoms with Crippen molar-refractivity contribution in [3.8, 4) is 0 Å². The maximum absolute atomic E-state index is 12.7. The molecule has 0 saturated carbocycles. The van der Waals surface area contributed by atoms with Crippen molar-refractivity contribution < 1.29 is 9.72 Å². The Hall–Kier alpha value is -3.32. The van der Waals surface area contributed by atoms with Crippen molar-refractivity contribution in [3.63, 3.8) is 0 Å². The molecule has 134 valence electrons. The summed E-state index contributed by atoms with van der Waals surface area (Å²) >= 11 is 1.66. The minimum Gasteiger partial charge on any atom is -0.330 e. The Morgan fingerprint density at radius 3 is 2.11 bits per heavy atom. The maximum atomic E-state index is 12.7. The number of benzene rings is 3. The number of fused-ring (bicyclic) bond motifs is 2. The van der Waals surface area contributed by atoms with Gasteiger partial charge in [0.2, 0.25) is 5.91 Å². The zero-order valence-electron chi connectivity index (χ0n) is 14.2. The number of carbonyl (C=O) groups is 1. The Bertz CT molecular complexity index is 993. The van der Waals surface area contributed by atoms with Crippen LogP contribution in [0, 0.1) is 10.1 Å². The second-order valence-electron chi connectivity index (χ2n) is 5.95. The molecule has 0 saturated heterocycles. The van der Waals surface area contributed by atoms with E-state index >= 15 is 0 Å². The van der Waals surface area contributed by atoms with Gasteiger partial charge >= 0.3 is 0 Å². The monoisotopic (exact) mass is 377 g/mol. The number of hydrogen-bond donors (Lipinski definition) is 1. The molecule has 0 spiro atoms. The molecule has 7 heteroatoms. The molecule has 0 bridgehead atoms. The summed E-state index contributed by atoms with van der Waals surface area (Å²) in [4.78, 5) is 27.4. The van der Waals surface area contributed by atoms with Crippen LogP contribution in [0.4, 0.5) is 22.7 Å². The number of anilines is 3. The Labute approximate surface area is 160 Å². The quantitative estimate of drug-likeness (QED) is 0.520. The van der Waals surface area contributed by atoms with Gasteiger partial charge in [-0.25, -0.2) is 0 Å². The van der Waals surface area contributed by atoms with Gasteiger partial charge < -0.3 is 10.2 Å². The molecule has 0 radical (unpaired) electrons. The molecule has 3 aromatic carbocycles. The van der Waals surface area contributed by atoms with E-state index in [1.807, 2.05) is 53.4 Å². The van der Waals surface area contributed by atoms with Gasteiger partial charge in [0.1, 0.15) is 12.2 Å². The van der Waals surface area contributed by atoms with Crippen molar-refractivity contribution in [3.05, 3.63) is 82.9 Å². The highest BCUT2D eigenvalue weighted by Gasteiger charge is 2.25. The van der Waals surface area contributed by atoms with E-state index in [1.54, 1.807) is 23.9 Å². The average Bonchev–Trinajstić information content (AvgIpc) is 2.68. The van der Waals surface area contributed by atoms with Gasteiger partial charge in [-0.2, -0.15) is 0 Å². The van der Waals surface area contributed by atoms with E-state index in [0.29, 0.717) is 0 Å². The molecule has 0 aromatic heterocycles. The molecule has 0 fully saturated rings. The first kappa shape index (κ1) is 17.1. The van der Waals surface area contributed by atoms with Crippen molar-refractivity contribution in [1.82, 2.24) is 0 Å². The Morgan fingerprint density at radius 2 is 1.48 bits per heavy atom. The fourth-order valence-corrected chi connectivity index (χ4v) is 4.12. The third-order valence-electron chi connectivity index (χ3n) is 4.21. The first-order valence-electron chi connectivity index (χ1n) is 8.30. The second-order valence-corrected chi connectivity index (χ2v) is 7.03. The van der Waals surface area contributed by atoms with Gasteiger partial charge in [-0.3, -0.25) is 14.9 Å². The highest BCUT2D eigenvalue weighted by atomic mass is 32.2. The number of carbonyl (C=O) groups excluding carboxylic acids is 1. The van der Waals surface area contributed by atoms with Crippen LogP contribution in [0.1, 0.15) is 0 Å². The first-order valence-corrected chi connectivity index (χ1v) is 9.12. The zero-order valence-corrected chi connectivity index (χ0v) is 15.0. The molecule has 1 aliphatic rings. The number of para-hydroxylation sites is 4. The highest BCUT2D eigenvalue weighted by Crippen LogP contribution is 2.47. The van der Waals surface area contributed by atoms with Crippen molar-refractivity contribution in [2.24, 2.45) is 0 Å². The molecular formula is C20H15N3O3S. The largest absolute Gasteiger partial charge is 0.330 e. The predicted molar refractivity (Wildman–Crippen MR) is 106 cm³/mol. The summed E-state index contributed by atoms with van der Waals surface area (Å²) in [5.41, 5.74) is 1.96. The minimum absolute atomic E-state index is 0.0562. The Kier molecular flexibility index (Phi) is 4.52. The summed E-state index contributed by atoms with van der Waals surface area (Å²) in [6.45, 7) is 0.0562. The Balaban J connectivity index is 1.63. The molecule has 1 heterocycles. The van der Waals surface area contributed by atoms with E-state index in [1.165, 1.54) is 12.1 Å². The van der Waals surface area contributed by atoms with Crippen molar-refractivity contribution >= 4 is 40.4 Å². The number of nitrogens with zero attached hydrogens (tertiary/aromatic N) is 2. The van der Waals surface area contributed by atoms with Crippen LogP contribution in [0.2, 0.25) is 0 Å². The lowest BCUT2D eigenvalue weighted by Gasteiger charge is -2.32. The summed E-state index contributed by atoms with van der Waals surface area (Å²) in [6, 6.07) is 21.9. The molecule has 0 atom stereocenters. The van der Waals surface area contributed by atoms with E-state index < -0.39 is 4.92 Å². The molecule has 4 rings (SSSR count). The van der Waals surface area contributed by atoms with Crippen LogP contribution in [0.25, 0.3) is 0 Å². The fraction of sp³-hybridized carbons (Fsp3) is 0.0500. The third-order valence-corrected chi connectivity index (χ3v) is 5.34. The van der Waals surface area contributed by atoms with Crippen molar-refractivity contribution in [2.75, 3.05) is 16.8 Å². The number of hydrogen-bond acceptors (Lipinski definition) is 5. The number of nitrogens with one attached hydrogen (secondary N) is 1. The molecule has 1 amide bonds. The number of nitro groups is 1. The lowest BCUT2D eigenvalue weighted by Crippen LogP contribution is -2.31. The maximum Gasteiger partial charge on any atom is 0.292 e. The molecule has 27 heavy (non-hydrogen) atoms. The van der Waals surface area contributed by atoms with Crippen LogP contribution in [-0.4, -0.2) is 17.4 Å². The van der Waals surface area contributed by atoms with Gasteiger partial charge in [-0.05, 0) is 30.3 Å². The predicted octanol–water partition coefficient (Wildman–Crippen LogP) is 4.84. The summed E-state index contributed by atoms with van der Waals surface area (Å²) in [5, 5.41) is 13.8. The van der Waals surface area contributed by atoms with Crippen LogP contribution in [0.15, 0.2) is 82.6 Å². The van der Waals surface area contributed by atoms with Crippen LogP contribution in [0.5, 0.6) is 0 Å². The lowest BCUT2D eigenvalue weighted by atomic mass is 10.2. The molecule has 0 aliphatic carbocycles. The summed E-state index contributed by atoms with van der Waals surface area (Å²) in [7, 11) is 0. The lowest BCUT2D eigenvalue weighted by molar-refractivity contribution is -0.383. The van der Waals surface area contributed by atoms with Crippen LogP contribution in [0.3, 0.4) is 0 Å². The Morgan fingerprint density at radius 1 is 0.926 bits per heavy atom. The topological polar surface area (TPSA) is 75.5 Å². The molecule has 6 nitrogen and oxygen atoms in total. The van der Waals surface area contributed by atoms with Crippen molar-refractivity contribution in [1.29, 1.82) is 0 Å². The van der Waals surface area contributed by atoms with Gasteiger partial charge in [-0.15, -0.1) is 0 Å². The van der Waals surface area contributed by atoms with E-state index in [0.717, 1.165) is 21.2 Å². The smallest absolute Gasteiger partial charge is 0.292 e. The normalized spacial score (nSPS) is 12.1. The van der Waals surface area contributed by atoms with E-state index in [2.05, 4.69) is 5.32 Å². The van der Waals surface area contributed by atoms with Gasteiger partial charge in [0.05, 0.1) is 16.3 Å². The van der Waals surface area contributed by atoms with E-state index in [4.69, 9.17) is 0 Å². The van der Waals surface area contributed by atoms with Gasteiger partial charge in [0.15, 0.2) is 0 Å². The van der Waals surface area contributed by atoms with Crippen LogP contribution >= 0.6 is 11.8 Å². The summed E-state index contributed by atoms with van der Waals surface area (Å²) in [6.07, 6.45) is 0. The number of nitro benzene ring substituents is 1. The van der Waals surface area contributed by atoms with Gasteiger partial charge in [0, 0.05) is 15.9 Å². The molecule has 1 aliphatic heterocycles. The fourth-order valence-electron chi connectivity index (χ4n) is 3.02. The summed E-state index contributed by atoms with van der Waals surface area (Å²) in [5.74, 6) is -0.319. The van der Waals surface area contributed by atoms with Crippen molar-refractivity contribution in [2.45, 2.75) is 9.79 Å². The SMILES string of the molecule is O=C(CN1c2ccccc2Sc2ccccc21)Nc1ccccc1[N+](=O)[O-]. The molecule has 1 N–H and O–H groups in total. The van der Waals surface area contributed by atoms with Crippen LogP contribution < -0.4 is 10.2 Å². The summed E-state index contributed by atoms with van der Waals surface area (Å²) < 4.78 is 0. The first-order chi connectivity index (χ1) is 13.1. The highest BCUT2D eigenvalue weighted by molar-refractivity contribution is 7.99. The molecule has 0 unspecified atom stereocenters. The second kappa shape index (κ2) is 7.13. The zero-order chi connectivity index (χ0) is 18.8. The van der Waals surface area contributed by atoms with Gasteiger partial charge in [-0.1, -0.05) is 48.2 Å². The van der Waals surface area contributed by atoms with E-state index in [9.17, 15) is 14.9 Å². The molecular weight excluding hydrogens is 362 g/mol. The minimum atomic E-state index is -0.502. The standard InChI is InChI=1S/C20H15N3O3S/c24-20(21-14-7-1-2-8-15(14)23(25)26)13-22-16-9-3-5-11-18(16)27-19-12-6-4-10-17(19)22/h1-12H,13H2,(H,21,24). The number of amides is 1. The third kappa shape index (κ3) is 3.37. The van der Waals surface area contributed by atoms with Gasteiger partial charge in [0.25, 0.3) is 5.69 Å². The van der Waals surface area contributed by atoms with Crippen LogP contribution in [-0.2, 0) is 4.79 Å². The number of rotatable bonds is 4. The van der Waals surface area contributed by atoms with E-state index in [-0.39, 0.29) is 23.8 Å². The molecule has 3 aromatic rings.